The van der Waals surface area contributed by atoms with Crippen molar-refractivity contribution < 1.29 is 12.8 Å². The van der Waals surface area contributed by atoms with Crippen molar-refractivity contribution in [2.24, 2.45) is 0 Å². The Morgan fingerprint density at radius 2 is 2.00 bits per heavy atom. The first-order chi connectivity index (χ1) is 10.9. The van der Waals surface area contributed by atoms with Gasteiger partial charge in [-0.05, 0) is 37.9 Å². The van der Waals surface area contributed by atoms with Gasteiger partial charge in [0.25, 0.3) is 10.2 Å². The molecule has 5 nitrogen and oxygen atoms in total. The van der Waals surface area contributed by atoms with Gasteiger partial charge in [0.1, 0.15) is 5.82 Å². The summed E-state index contributed by atoms with van der Waals surface area (Å²) in [5.74, 6) is -0.486. The Morgan fingerprint density at radius 1 is 1.29 bits per heavy atom. The summed E-state index contributed by atoms with van der Waals surface area (Å²) in [4.78, 5) is 0. The number of nitrogens with one attached hydrogen (secondary N) is 1. The molecule has 1 aromatic rings. The van der Waals surface area contributed by atoms with E-state index in [9.17, 15) is 12.8 Å². The SMILES string of the molecule is CN(Cc1c(F)cccc1Cl)S(=O)(=O)N(C1CC1)C1CCNC1.Cl. The molecule has 1 aliphatic heterocycles. The zero-order valence-electron chi connectivity index (χ0n) is 13.4. The largest absolute Gasteiger partial charge is 0.315 e. The average molecular weight is 398 g/mol. The molecular formula is C15H22Cl2FN3O2S. The van der Waals surface area contributed by atoms with Crippen LogP contribution in [0.5, 0.6) is 0 Å². The van der Waals surface area contributed by atoms with Gasteiger partial charge < -0.3 is 5.32 Å². The Labute approximate surface area is 153 Å². The molecule has 9 heteroatoms. The summed E-state index contributed by atoms with van der Waals surface area (Å²) in [6.45, 7) is 1.42. The fourth-order valence-corrected chi connectivity index (χ4v) is 4.99. The van der Waals surface area contributed by atoms with Gasteiger partial charge in [-0.3, -0.25) is 0 Å². The van der Waals surface area contributed by atoms with Crippen molar-refractivity contribution in [1.29, 1.82) is 0 Å². The highest BCUT2D eigenvalue weighted by Gasteiger charge is 2.44. The third-order valence-corrected chi connectivity index (χ3v) is 6.80. The van der Waals surface area contributed by atoms with Gasteiger partial charge in [-0.25, -0.2) is 4.39 Å². The van der Waals surface area contributed by atoms with Crippen LogP contribution in [0.4, 0.5) is 4.39 Å². The van der Waals surface area contributed by atoms with Crippen LogP contribution >= 0.6 is 24.0 Å². The van der Waals surface area contributed by atoms with E-state index in [1.165, 1.54) is 23.5 Å². The minimum Gasteiger partial charge on any atom is -0.315 e. The van der Waals surface area contributed by atoms with Gasteiger partial charge in [0, 0.05) is 42.8 Å². The van der Waals surface area contributed by atoms with E-state index >= 15 is 0 Å². The van der Waals surface area contributed by atoms with Crippen LogP contribution in [0.25, 0.3) is 0 Å². The summed E-state index contributed by atoms with van der Waals surface area (Å²) in [6, 6.07) is 4.42. The minimum absolute atomic E-state index is 0. The summed E-state index contributed by atoms with van der Waals surface area (Å²) in [6.07, 6.45) is 2.60. The van der Waals surface area contributed by atoms with Crippen molar-refractivity contribution in [3.63, 3.8) is 0 Å². The lowest BCUT2D eigenvalue weighted by molar-refractivity contribution is 0.294. The lowest BCUT2D eigenvalue weighted by atomic mass is 10.2. The van der Waals surface area contributed by atoms with Crippen LogP contribution < -0.4 is 5.32 Å². The van der Waals surface area contributed by atoms with Gasteiger partial charge in [-0.2, -0.15) is 17.0 Å². The fourth-order valence-electron chi connectivity index (χ4n) is 3.01. The Bertz CT molecular complexity index is 659. The zero-order valence-corrected chi connectivity index (χ0v) is 15.8. The van der Waals surface area contributed by atoms with Crippen LogP contribution in [0, 0.1) is 5.82 Å². The molecule has 24 heavy (non-hydrogen) atoms. The Morgan fingerprint density at radius 3 is 2.54 bits per heavy atom. The third-order valence-electron chi connectivity index (χ3n) is 4.40. The molecule has 1 heterocycles. The summed E-state index contributed by atoms with van der Waals surface area (Å²) >= 11 is 6.02. The molecule has 3 rings (SSSR count). The molecule has 2 fully saturated rings. The van der Waals surface area contributed by atoms with Crippen LogP contribution in [0.1, 0.15) is 24.8 Å². The molecule has 0 amide bonds. The summed E-state index contributed by atoms with van der Waals surface area (Å²) in [5.41, 5.74) is 0.209. The van der Waals surface area contributed by atoms with E-state index in [4.69, 9.17) is 11.6 Å². The standard InChI is InChI=1S/C15H21ClFN3O2S.ClH/c1-19(10-13-14(16)3-2-4-15(13)17)23(21,22)20(11-5-6-11)12-7-8-18-9-12;/h2-4,11-12,18H,5-10H2,1H3;1H. The molecule has 1 N–H and O–H groups in total. The predicted octanol–water partition coefficient (Wildman–Crippen LogP) is 2.40. The van der Waals surface area contributed by atoms with E-state index in [2.05, 4.69) is 5.32 Å². The van der Waals surface area contributed by atoms with Gasteiger partial charge in [-0.15, -0.1) is 12.4 Å². The van der Waals surface area contributed by atoms with Crippen LogP contribution in [0.2, 0.25) is 5.02 Å². The molecule has 0 bridgehead atoms. The number of hydrogen-bond donors (Lipinski definition) is 1. The van der Waals surface area contributed by atoms with E-state index in [1.54, 1.807) is 10.4 Å². The van der Waals surface area contributed by atoms with Crippen molar-refractivity contribution >= 4 is 34.2 Å². The van der Waals surface area contributed by atoms with Gasteiger partial charge in [-0.1, -0.05) is 17.7 Å². The van der Waals surface area contributed by atoms with Crippen molar-refractivity contribution in [2.45, 2.75) is 37.9 Å². The fraction of sp³-hybridized carbons (Fsp3) is 0.600. The number of halogens is 3. The van der Waals surface area contributed by atoms with Gasteiger partial charge in [0.05, 0.1) is 0 Å². The third kappa shape index (κ3) is 4.03. The second kappa shape index (κ2) is 7.85. The molecule has 0 spiro atoms. The quantitative estimate of drug-likeness (QED) is 0.801. The van der Waals surface area contributed by atoms with Crippen molar-refractivity contribution in [3.05, 3.63) is 34.6 Å². The van der Waals surface area contributed by atoms with E-state index in [0.717, 1.165) is 25.8 Å². The molecule has 1 aliphatic carbocycles. The molecule has 1 saturated carbocycles. The maximum atomic E-state index is 13.9. The molecule has 1 unspecified atom stereocenters. The zero-order chi connectivity index (χ0) is 16.6. The molecule has 0 aromatic heterocycles. The molecule has 2 aliphatic rings. The maximum absolute atomic E-state index is 13.9. The molecule has 1 aromatic carbocycles. The van der Waals surface area contributed by atoms with Gasteiger partial charge in [0.2, 0.25) is 0 Å². The average Bonchev–Trinajstić information content (AvgIpc) is 3.16. The summed E-state index contributed by atoms with van der Waals surface area (Å²) < 4.78 is 42.7. The number of benzene rings is 1. The van der Waals surface area contributed by atoms with Crippen molar-refractivity contribution in [1.82, 2.24) is 13.9 Å². The topological polar surface area (TPSA) is 52.7 Å². The lowest BCUT2D eigenvalue weighted by Gasteiger charge is -2.32. The Balaban J connectivity index is 0.00000208. The van der Waals surface area contributed by atoms with Crippen molar-refractivity contribution in [2.75, 3.05) is 20.1 Å². The van der Waals surface area contributed by atoms with Crippen LogP contribution in [-0.4, -0.2) is 49.2 Å². The monoisotopic (exact) mass is 397 g/mol. The molecular weight excluding hydrogens is 376 g/mol. The van der Waals surface area contributed by atoms with Crippen molar-refractivity contribution in [3.8, 4) is 0 Å². The second-order valence-electron chi connectivity index (χ2n) is 6.17. The molecule has 0 radical (unpaired) electrons. The van der Waals surface area contributed by atoms with Gasteiger partial charge in [0.15, 0.2) is 0 Å². The van der Waals surface area contributed by atoms with Crippen LogP contribution in [0.15, 0.2) is 18.2 Å². The first kappa shape index (κ1) is 19.9. The highest BCUT2D eigenvalue weighted by molar-refractivity contribution is 7.86. The van der Waals surface area contributed by atoms with E-state index in [-0.39, 0.29) is 41.6 Å². The summed E-state index contributed by atoms with van der Waals surface area (Å²) in [5, 5.41) is 3.45. The minimum atomic E-state index is -3.65. The normalized spacial score (nSPS) is 21.3. The first-order valence-corrected chi connectivity index (χ1v) is 9.57. The number of rotatable bonds is 6. The first-order valence-electron chi connectivity index (χ1n) is 7.79. The number of hydrogen-bond acceptors (Lipinski definition) is 3. The second-order valence-corrected chi connectivity index (χ2v) is 8.52. The maximum Gasteiger partial charge on any atom is 0.282 e. The van der Waals surface area contributed by atoms with E-state index in [0.29, 0.717) is 6.54 Å². The Kier molecular flexibility index (Phi) is 6.50. The van der Waals surface area contributed by atoms with E-state index < -0.39 is 16.0 Å². The van der Waals surface area contributed by atoms with Crippen LogP contribution in [-0.2, 0) is 16.8 Å². The van der Waals surface area contributed by atoms with Gasteiger partial charge >= 0.3 is 0 Å². The smallest absolute Gasteiger partial charge is 0.282 e. The highest BCUT2D eigenvalue weighted by atomic mass is 35.5. The van der Waals surface area contributed by atoms with E-state index in [1.807, 2.05) is 0 Å². The molecule has 1 atom stereocenters. The summed E-state index contributed by atoms with van der Waals surface area (Å²) in [7, 11) is -2.17. The highest BCUT2D eigenvalue weighted by Crippen LogP contribution is 2.34. The number of nitrogens with zero attached hydrogens (tertiary/aromatic N) is 2. The van der Waals surface area contributed by atoms with Crippen LogP contribution in [0.3, 0.4) is 0 Å². The predicted molar refractivity (Wildman–Crippen MR) is 95.2 cm³/mol. The molecule has 136 valence electrons. The molecule has 1 saturated heterocycles. The lowest BCUT2D eigenvalue weighted by Crippen LogP contribution is -2.49. The Hall–Kier alpha value is -0.440.